The molecule has 0 saturated heterocycles. The van der Waals surface area contributed by atoms with Crippen LogP contribution in [-0.2, 0) is 0 Å². The van der Waals surface area contributed by atoms with Crippen molar-refractivity contribution in [3.63, 3.8) is 0 Å². The Morgan fingerprint density at radius 3 is 2.89 bits per heavy atom. The first kappa shape index (κ1) is 13.1. The molecule has 0 radical (unpaired) electrons. The van der Waals surface area contributed by atoms with Crippen molar-refractivity contribution in [3.8, 4) is 11.8 Å². The summed E-state index contributed by atoms with van der Waals surface area (Å²) in [5, 5.41) is 0. The predicted molar refractivity (Wildman–Crippen MR) is 74.7 cm³/mol. The molecule has 1 aliphatic rings. The largest absolute Gasteiger partial charge is 0.335 e. The number of nitrogens with two attached hydrogens (primary N) is 1. The molecule has 0 atom stereocenters. The van der Waals surface area contributed by atoms with Crippen LogP contribution in [0.25, 0.3) is 0 Å². The Labute approximate surface area is 112 Å². The first-order chi connectivity index (χ1) is 8.67. The maximum Gasteiger partial charge on any atom is 0.264 e. The SMILES string of the molecule is CCN(C(=O)c1cc(C)c(C#CCN)s1)C1CC1. The van der Waals surface area contributed by atoms with E-state index in [-0.39, 0.29) is 5.91 Å². The van der Waals surface area contributed by atoms with Gasteiger partial charge in [0.15, 0.2) is 0 Å². The van der Waals surface area contributed by atoms with Crippen LogP contribution >= 0.6 is 11.3 Å². The van der Waals surface area contributed by atoms with E-state index in [1.165, 1.54) is 11.3 Å². The maximum atomic E-state index is 12.4. The van der Waals surface area contributed by atoms with Gasteiger partial charge in [-0.15, -0.1) is 11.3 Å². The summed E-state index contributed by atoms with van der Waals surface area (Å²) in [6.07, 6.45) is 2.29. The highest BCUT2D eigenvalue weighted by atomic mass is 32.1. The zero-order valence-corrected chi connectivity index (χ0v) is 11.6. The number of aryl methyl sites for hydroxylation is 1. The summed E-state index contributed by atoms with van der Waals surface area (Å²) < 4.78 is 0. The highest BCUT2D eigenvalue weighted by Crippen LogP contribution is 2.30. The smallest absolute Gasteiger partial charge is 0.264 e. The second-order valence-corrected chi connectivity index (χ2v) is 5.50. The molecule has 0 bridgehead atoms. The molecule has 0 aromatic carbocycles. The van der Waals surface area contributed by atoms with Crippen LogP contribution in [0.4, 0.5) is 0 Å². The van der Waals surface area contributed by atoms with Crippen LogP contribution in [0, 0.1) is 18.8 Å². The lowest BCUT2D eigenvalue weighted by molar-refractivity contribution is 0.0757. The van der Waals surface area contributed by atoms with Crippen molar-refractivity contribution < 1.29 is 4.79 Å². The van der Waals surface area contributed by atoms with Crippen LogP contribution in [-0.4, -0.2) is 29.9 Å². The monoisotopic (exact) mass is 262 g/mol. The van der Waals surface area contributed by atoms with E-state index in [1.807, 2.05) is 24.8 Å². The van der Waals surface area contributed by atoms with Gasteiger partial charge in [0.05, 0.1) is 16.3 Å². The van der Waals surface area contributed by atoms with Gasteiger partial charge in [-0.05, 0) is 38.3 Å². The van der Waals surface area contributed by atoms with E-state index in [4.69, 9.17) is 5.73 Å². The van der Waals surface area contributed by atoms with Gasteiger partial charge in [-0.3, -0.25) is 4.79 Å². The zero-order chi connectivity index (χ0) is 13.1. The Bertz CT molecular complexity index is 506. The highest BCUT2D eigenvalue weighted by Gasteiger charge is 2.32. The number of hydrogen-bond acceptors (Lipinski definition) is 3. The maximum absolute atomic E-state index is 12.4. The lowest BCUT2D eigenvalue weighted by Crippen LogP contribution is -2.32. The normalized spacial score (nSPS) is 13.9. The van der Waals surface area contributed by atoms with Crippen LogP contribution in [0.3, 0.4) is 0 Å². The molecule has 1 saturated carbocycles. The molecule has 3 nitrogen and oxygen atoms in total. The molecule has 0 spiro atoms. The van der Waals surface area contributed by atoms with Gasteiger partial charge in [0, 0.05) is 12.6 Å². The fourth-order valence-electron chi connectivity index (χ4n) is 1.94. The second kappa shape index (κ2) is 5.55. The van der Waals surface area contributed by atoms with E-state index in [1.54, 1.807) is 0 Å². The summed E-state index contributed by atoms with van der Waals surface area (Å²) in [5.74, 6) is 6.01. The van der Waals surface area contributed by atoms with Gasteiger partial charge in [-0.2, -0.15) is 0 Å². The van der Waals surface area contributed by atoms with Crippen molar-refractivity contribution in [1.29, 1.82) is 0 Å². The number of carbonyl (C=O) groups is 1. The van der Waals surface area contributed by atoms with Gasteiger partial charge in [0.1, 0.15) is 0 Å². The first-order valence-corrected chi connectivity index (χ1v) is 7.09. The van der Waals surface area contributed by atoms with Crippen LogP contribution in [0.5, 0.6) is 0 Å². The number of thiophene rings is 1. The summed E-state index contributed by atoms with van der Waals surface area (Å²) >= 11 is 1.48. The lowest BCUT2D eigenvalue weighted by atomic mass is 10.2. The highest BCUT2D eigenvalue weighted by molar-refractivity contribution is 7.14. The lowest BCUT2D eigenvalue weighted by Gasteiger charge is -2.19. The average molecular weight is 262 g/mol. The Morgan fingerprint density at radius 1 is 1.61 bits per heavy atom. The molecule has 0 aliphatic heterocycles. The van der Waals surface area contributed by atoms with Gasteiger partial charge >= 0.3 is 0 Å². The average Bonchev–Trinajstić information content (AvgIpc) is 3.11. The van der Waals surface area contributed by atoms with E-state index in [2.05, 4.69) is 11.8 Å². The number of amides is 1. The minimum absolute atomic E-state index is 0.147. The predicted octanol–water partition coefficient (Wildman–Crippen LogP) is 1.99. The van der Waals surface area contributed by atoms with Crippen molar-refractivity contribution in [2.45, 2.75) is 32.7 Å². The molecule has 1 fully saturated rings. The van der Waals surface area contributed by atoms with E-state index < -0.39 is 0 Å². The molecule has 1 aliphatic carbocycles. The van der Waals surface area contributed by atoms with Crippen LogP contribution in [0.1, 0.15) is 39.9 Å². The number of rotatable bonds is 3. The van der Waals surface area contributed by atoms with E-state index >= 15 is 0 Å². The molecule has 4 heteroatoms. The molecule has 96 valence electrons. The van der Waals surface area contributed by atoms with Crippen molar-refractivity contribution in [3.05, 3.63) is 21.4 Å². The third kappa shape index (κ3) is 2.74. The van der Waals surface area contributed by atoms with Crippen LogP contribution in [0.15, 0.2) is 6.07 Å². The van der Waals surface area contributed by atoms with Crippen LogP contribution in [0.2, 0.25) is 0 Å². The summed E-state index contributed by atoms with van der Waals surface area (Å²) in [6, 6.07) is 2.40. The third-order valence-electron chi connectivity index (χ3n) is 3.02. The summed E-state index contributed by atoms with van der Waals surface area (Å²) in [6.45, 7) is 5.15. The van der Waals surface area contributed by atoms with Gasteiger partial charge in [-0.1, -0.05) is 11.8 Å². The molecule has 2 N–H and O–H groups in total. The van der Waals surface area contributed by atoms with Crippen molar-refractivity contribution >= 4 is 17.2 Å². The Hall–Kier alpha value is -1.31. The minimum atomic E-state index is 0.147. The fourth-order valence-corrected chi connectivity index (χ4v) is 2.94. The molecule has 2 rings (SSSR count). The van der Waals surface area contributed by atoms with Crippen molar-refractivity contribution in [2.24, 2.45) is 5.73 Å². The zero-order valence-electron chi connectivity index (χ0n) is 10.8. The van der Waals surface area contributed by atoms with Crippen molar-refractivity contribution in [2.75, 3.05) is 13.1 Å². The Kier molecular flexibility index (Phi) is 4.05. The fraction of sp³-hybridized carbons (Fsp3) is 0.500. The van der Waals surface area contributed by atoms with Gasteiger partial charge in [-0.25, -0.2) is 0 Å². The number of hydrogen-bond donors (Lipinski definition) is 1. The van der Waals surface area contributed by atoms with E-state index in [9.17, 15) is 4.79 Å². The summed E-state index contributed by atoms with van der Waals surface area (Å²) in [7, 11) is 0. The number of carbonyl (C=O) groups excluding carboxylic acids is 1. The minimum Gasteiger partial charge on any atom is -0.335 e. The molecular formula is C14H18N2OS. The molecule has 1 aromatic heterocycles. The first-order valence-electron chi connectivity index (χ1n) is 6.27. The van der Waals surface area contributed by atoms with Gasteiger partial charge < -0.3 is 10.6 Å². The second-order valence-electron chi connectivity index (χ2n) is 4.45. The molecular weight excluding hydrogens is 244 g/mol. The molecule has 1 aromatic rings. The van der Waals surface area contributed by atoms with Crippen LogP contribution < -0.4 is 5.73 Å². The third-order valence-corrected chi connectivity index (χ3v) is 4.16. The summed E-state index contributed by atoms with van der Waals surface area (Å²) in [4.78, 5) is 16.1. The Balaban J connectivity index is 2.20. The van der Waals surface area contributed by atoms with Gasteiger partial charge in [0.25, 0.3) is 5.91 Å². The Morgan fingerprint density at radius 2 is 2.33 bits per heavy atom. The quantitative estimate of drug-likeness (QED) is 0.847. The topological polar surface area (TPSA) is 46.3 Å². The number of nitrogens with zero attached hydrogens (tertiary/aromatic N) is 1. The standard InChI is InChI=1S/C14H18N2OS/c1-3-16(11-6-7-11)14(17)13-9-10(2)12(18-13)5-4-8-15/h9,11H,3,6-8,15H2,1-2H3. The van der Waals surface area contributed by atoms with E-state index in [0.717, 1.165) is 34.7 Å². The van der Waals surface area contributed by atoms with E-state index in [0.29, 0.717) is 12.6 Å². The van der Waals surface area contributed by atoms with Crippen molar-refractivity contribution in [1.82, 2.24) is 4.90 Å². The molecule has 18 heavy (non-hydrogen) atoms. The van der Waals surface area contributed by atoms with Gasteiger partial charge in [0.2, 0.25) is 0 Å². The molecule has 1 heterocycles. The summed E-state index contributed by atoms with van der Waals surface area (Å²) in [5.41, 5.74) is 6.43. The molecule has 1 amide bonds. The molecule has 0 unspecified atom stereocenters.